The lowest BCUT2D eigenvalue weighted by atomic mass is 9.90. The van der Waals surface area contributed by atoms with Crippen molar-refractivity contribution in [1.29, 1.82) is 0 Å². The predicted molar refractivity (Wildman–Crippen MR) is 65.1 cm³/mol. The lowest BCUT2D eigenvalue weighted by molar-refractivity contribution is -0.162. The SMILES string of the molecule is CC(C)[C@H](NC(=O)N1CCC(C)(C(=O)O)C1)C(F)(F)F. The number of rotatable bonds is 3. The summed E-state index contributed by atoms with van der Waals surface area (Å²) in [5, 5.41) is 11.0. The summed E-state index contributed by atoms with van der Waals surface area (Å²) in [5.74, 6) is -1.85. The summed E-state index contributed by atoms with van der Waals surface area (Å²) in [6.07, 6.45) is -4.30. The van der Waals surface area contributed by atoms with Crippen LogP contribution in [-0.4, -0.2) is 47.3 Å². The normalized spacial score (nSPS) is 24.9. The smallest absolute Gasteiger partial charge is 0.408 e. The fourth-order valence-electron chi connectivity index (χ4n) is 2.16. The fourth-order valence-corrected chi connectivity index (χ4v) is 2.16. The van der Waals surface area contributed by atoms with Gasteiger partial charge in [-0.2, -0.15) is 13.2 Å². The molecule has 0 radical (unpaired) electrons. The van der Waals surface area contributed by atoms with Crippen molar-refractivity contribution in [3.63, 3.8) is 0 Å². The molecule has 1 unspecified atom stereocenters. The second kappa shape index (κ2) is 5.49. The summed E-state index contributed by atoms with van der Waals surface area (Å²) in [7, 11) is 0. The number of nitrogens with zero attached hydrogens (tertiary/aromatic N) is 1. The summed E-state index contributed by atoms with van der Waals surface area (Å²) >= 11 is 0. The predicted octanol–water partition coefficient (Wildman–Crippen LogP) is 2.08. The Kier molecular flexibility index (Phi) is 4.55. The van der Waals surface area contributed by atoms with Crippen molar-refractivity contribution < 1.29 is 27.9 Å². The van der Waals surface area contributed by atoms with Gasteiger partial charge in [-0.15, -0.1) is 0 Å². The number of hydrogen-bond acceptors (Lipinski definition) is 2. The fraction of sp³-hybridized carbons (Fsp3) is 0.833. The van der Waals surface area contributed by atoms with Crippen LogP contribution in [0.4, 0.5) is 18.0 Å². The number of halogens is 3. The number of urea groups is 1. The van der Waals surface area contributed by atoms with Gasteiger partial charge in [0.05, 0.1) is 5.41 Å². The zero-order valence-electron chi connectivity index (χ0n) is 11.6. The Morgan fingerprint density at radius 3 is 2.25 bits per heavy atom. The third kappa shape index (κ3) is 3.55. The van der Waals surface area contributed by atoms with Crippen LogP contribution in [-0.2, 0) is 4.79 Å². The standard InChI is InChI=1S/C12H19F3N2O3/c1-7(2)8(12(13,14)15)16-10(20)17-5-4-11(3,6-17)9(18)19/h7-8H,4-6H2,1-3H3,(H,16,20)(H,18,19)/t8-,11?/m0/s1. The van der Waals surface area contributed by atoms with Crippen molar-refractivity contribution in [2.75, 3.05) is 13.1 Å². The lowest BCUT2D eigenvalue weighted by Gasteiger charge is -2.28. The van der Waals surface area contributed by atoms with Crippen LogP contribution in [0.5, 0.6) is 0 Å². The minimum absolute atomic E-state index is 0.0865. The van der Waals surface area contributed by atoms with E-state index in [9.17, 15) is 22.8 Å². The van der Waals surface area contributed by atoms with E-state index in [1.165, 1.54) is 20.8 Å². The van der Waals surface area contributed by atoms with Crippen LogP contribution in [0.2, 0.25) is 0 Å². The van der Waals surface area contributed by atoms with Crippen molar-refractivity contribution in [1.82, 2.24) is 10.2 Å². The number of alkyl halides is 3. The van der Waals surface area contributed by atoms with E-state index in [1.807, 2.05) is 5.32 Å². The molecular weight excluding hydrogens is 277 g/mol. The highest BCUT2D eigenvalue weighted by Crippen LogP contribution is 2.31. The second-order valence-electron chi connectivity index (χ2n) is 5.75. The van der Waals surface area contributed by atoms with E-state index in [2.05, 4.69) is 0 Å². The van der Waals surface area contributed by atoms with Gasteiger partial charge in [-0.05, 0) is 19.3 Å². The maximum absolute atomic E-state index is 12.8. The van der Waals surface area contributed by atoms with E-state index < -0.39 is 35.6 Å². The molecule has 0 aromatic heterocycles. The molecule has 116 valence electrons. The van der Waals surface area contributed by atoms with Crippen molar-refractivity contribution in [3.05, 3.63) is 0 Å². The van der Waals surface area contributed by atoms with Crippen LogP contribution in [0.3, 0.4) is 0 Å². The number of nitrogens with one attached hydrogen (secondary N) is 1. The molecule has 0 aliphatic carbocycles. The van der Waals surface area contributed by atoms with Crippen LogP contribution in [0.25, 0.3) is 0 Å². The van der Waals surface area contributed by atoms with Gasteiger partial charge >= 0.3 is 18.2 Å². The number of carbonyl (C=O) groups excluding carboxylic acids is 1. The number of likely N-dealkylation sites (tertiary alicyclic amines) is 1. The van der Waals surface area contributed by atoms with E-state index in [1.54, 1.807) is 0 Å². The summed E-state index contributed by atoms with van der Waals surface area (Å²) in [4.78, 5) is 24.0. The van der Waals surface area contributed by atoms with E-state index in [-0.39, 0.29) is 19.5 Å². The summed E-state index contributed by atoms with van der Waals surface area (Å²) < 4.78 is 38.3. The summed E-state index contributed by atoms with van der Waals surface area (Å²) in [6.45, 7) is 4.26. The van der Waals surface area contributed by atoms with Gasteiger partial charge in [0.15, 0.2) is 0 Å². The molecule has 8 heteroatoms. The first-order valence-corrected chi connectivity index (χ1v) is 6.33. The third-order valence-corrected chi connectivity index (χ3v) is 3.58. The molecular formula is C12H19F3N2O3. The second-order valence-corrected chi connectivity index (χ2v) is 5.75. The van der Waals surface area contributed by atoms with Gasteiger partial charge in [-0.3, -0.25) is 4.79 Å². The molecule has 0 spiro atoms. The Bertz CT molecular complexity index is 398. The van der Waals surface area contributed by atoms with Gasteiger partial charge in [0.1, 0.15) is 6.04 Å². The molecule has 0 bridgehead atoms. The quantitative estimate of drug-likeness (QED) is 0.837. The topological polar surface area (TPSA) is 69.6 Å². The molecule has 2 amide bonds. The third-order valence-electron chi connectivity index (χ3n) is 3.58. The van der Waals surface area contributed by atoms with Crippen LogP contribution in [0.1, 0.15) is 27.2 Å². The summed E-state index contributed by atoms with van der Waals surface area (Å²) in [5.41, 5.74) is -1.09. The number of carboxylic acid groups (broad SMARTS) is 1. The average molecular weight is 296 g/mol. The van der Waals surface area contributed by atoms with Crippen molar-refractivity contribution in [2.24, 2.45) is 11.3 Å². The average Bonchev–Trinajstić information content (AvgIpc) is 2.68. The molecule has 1 saturated heterocycles. The van der Waals surface area contributed by atoms with Crippen molar-refractivity contribution in [2.45, 2.75) is 39.4 Å². The molecule has 0 saturated carbocycles. The van der Waals surface area contributed by atoms with Gasteiger partial charge in [0, 0.05) is 13.1 Å². The maximum atomic E-state index is 12.8. The molecule has 5 nitrogen and oxygen atoms in total. The van der Waals surface area contributed by atoms with Crippen LogP contribution in [0.15, 0.2) is 0 Å². The largest absolute Gasteiger partial charge is 0.481 e. The monoisotopic (exact) mass is 296 g/mol. The van der Waals surface area contributed by atoms with Crippen molar-refractivity contribution in [3.8, 4) is 0 Å². The van der Waals surface area contributed by atoms with E-state index in [4.69, 9.17) is 5.11 Å². The number of aliphatic carboxylic acids is 1. The van der Waals surface area contributed by atoms with E-state index in [0.717, 1.165) is 4.90 Å². The lowest BCUT2D eigenvalue weighted by Crippen LogP contribution is -2.53. The molecule has 1 heterocycles. The minimum atomic E-state index is -4.53. The summed E-state index contributed by atoms with van der Waals surface area (Å²) in [6, 6.07) is -2.81. The molecule has 1 aliphatic rings. The highest BCUT2D eigenvalue weighted by molar-refractivity contribution is 5.79. The molecule has 0 aromatic carbocycles. The van der Waals surface area contributed by atoms with Gasteiger partial charge in [-0.25, -0.2) is 4.79 Å². The zero-order valence-corrected chi connectivity index (χ0v) is 11.6. The Morgan fingerprint density at radius 2 is 1.90 bits per heavy atom. The number of carbonyl (C=O) groups is 2. The van der Waals surface area contributed by atoms with E-state index >= 15 is 0 Å². The molecule has 2 atom stereocenters. The first kappa shape index (κ1) is 16.6. The number of amides is 2. The number of carboxylic acids is 1. The van der Waals surface area contributed by atoms with Crippen LogP contribution >= 0.6 is 0 Å². The molecule has 2 N–H and O–H groups in total. The molecule has 1 aliphatic heterocycles. The highest BCUT2D eigenvalue weighted by Gasteiger charge is 2.46. The van der Waals surface area contributed by atoms with Gasteiger partial charge in [0.25, 0.3) is 0 Å². The Balaban J connectivity index is 2.71. The molecule has 1 rings (SSSR count). The Hall–Kier alpha value is -1.47. The van der Waals surface area contributed by atoms with Gasteiger partial charge in [-0.1, -0.05) is 13.8 Å². The molecule has 20 heavy (non-hydrogen) atoms. The van der Waals surface area contributed by atoms with Crippen molar-refractivity contribution >= 4 is 12.0 Å². The maximum Gasteiger partial charge on any atom is 0.408 e. The zero-order chi connectivity index (χ0) is 15.7. The van der Waals surface area contributed by atoms with Gasteiger partial charge < -0.3 is 15.3 Å². The molecule has 0 aromatic rings. The Labute approximate surface area is 115 Å². The number of hydrogen-bond donors (Lipinski definition) is 2. The Morgan fingerprint density at radius 1 is 1.35 bits per heavy atom. The minimum Gasteiger partial charge on any atom is -0.481 e. The highest BCUT2D eigenvalue weighted by atomic mass is 19.4. The first-order chi connectivity index (χ1) is 8.97. The van der Waals surface area contributed by atoms with Crippen LogP contribution < -0.4 is 5.32 Å². The van der Waals surface area contributed by atoms with E-state index in [0.29, 0.717) is 0 Å². The van der Waals surface area contributed by atoms with Crippen LogP contribution in [0, 0.1) is 11.3 Å². The van der Waals surface area contributed by atoms with Gasteiger partial charge in [0.2, 0.25) is 0 Å². The first-order valence-electron chi connectivity index (χ1n) is 6.33. The molecule has 1 fully saturated rings.